The number of carbonyl (C=O) groups is 2. The minimum atomic E-state index is -1.31. The van der Waals surface area contributed by atoms with E-state index in [4.69, 9.17) is 23.4 Å². The molecule has 5 aromatic rings. The number of allylic oxidation sites excluding steroid dienone is 2. The number of carbonyl (C=O) groups excluding carboxylic acids is 2. The maximum Gasteiger partial charge on any atom is 0.340 e. The second-order valence-corrected chi connectivity index (χ2v) is 25.6. The summed E-state index contributed by atoms with van der Waals surface area (Å²) in [5.74, 6) is -0.328. The van der Waals surface area contributed by atoms with E-state index in [1.165, 1.54) is 72.6 Å². The average Bonchev–Trinajstić information content (AvgIpc) is 3.66. The summed E-state index contributed by atoms with van der Waals surface area (Å²) >= 11 is 0. The number of ether oxygens (including phenoxy) is 4. The van der Waals surface area contributed by atoms with Crippen molar-refractivity contribution < 1.29 is 48.3 Å². The van der Waals surface area contributed by atoms with Gasteiger partial charge in [-0.05, 0) is 189 Å². The lowest BCUT2D eigenvalue weighted by atomic mass is 9.46. The molecule has 5 aliphatic carbocycles. The molecule has 0 radical (unpaired) electrons. The highest BCUT2D eigenvalue weighted by Crippen LogP contribution is 2.62. The molecule has 0 unspecified atom stereocenters. The Balaban J connectivity index is 0.983. The first-order valence-corrected chi connectivity index (χ1v) is 30.7. The van der Waals surface area contributed by atoms with E-state index >= 15 is 9.59 Å². The van der Waals surface area contributed by atoms with Crippen LogP contribution in [0.25, 0.3) is 11.0 Å². The van der Waals surface area contributed by atoms with Crippen LogP contribution in [0.2, 0.25) is 0 Å². The van der Waals surface area contributed by atoms with Crippen molar-refractivity contribution in [1.82, 2.24) is 0 Å². The molecule has 2 fully saturated rings. The van der Waals surface area contributed by atoms with E-state index in [2.05, 4.69) is 72.8 Å². The number of fused-ring (bicyclic) bond motifs is 10. The molecule has 12 atom stereocenters. The Labute approximate surface area is 476 Å². The van der Waals surface area contributed by atoms with Crippen LogP contribution in [0.15, 0.2) is 105 Å². The van der Waals surface area contributed by atoms with Crippen LogP contribution in [0.4, 0.5) is 0 Å². The van der Waals surface area contributed by atoms with Crippen LogP contribution in [0.3, 0.4) is 0 Å². The minimum Gasteiger partial charge on any atom is -0.483 e. The van der Waals surface area contributed by atoms with Gasteiger partial charge in [0.15, 0.2) is 17.8 Å². The Hall–Kier alpha value is -5.85. The van der Waals surface area contributed by atoms with Crippen molar-refractivity contribution in [3.63, 3.8) is 0 Å². The van der Waals surface area contributed by atoms with Crippen LogP contribution in [0, 0.1) is 29.6 Å². The van der Waals surface area contributed by atoms with Crippen LogP contribution in [0.5, 0.6) is 5.75 Å². The fourth-order valence-corrected chi connectivity index (χ4v) is 18.1. The molecule has 81 heavy (non-hydrogen) atoms. The highest BCUT2D eigenvalue weighted by molar-refractivity contribution is 5.90. The molecule has 0 saturated heterocycles. The van der Waals surface area contributed by atoms with Crippen LogP contribution in [0.1, 0.15) is 189 Å². The molecule has 3 N–H and O–H groups in total. The van der Waals surface area contributed by atoms with E-state index in [0.717, 1.165) is 63.4 Å². The Bertz CT molecular complexity index is 3370. The zero-order valence-corrected chi connectivity index (χ0v) is 47.5. The van der Waals surface area contributed by atoms with Crippen molar-refractivity contribution in [1.29, 1.82) is 0 Å². The Morgan fingerprint density at radius 1 is 0.765 bits per heavy atom. The molecule has 426 valence electrons. The predicted octanol–water partition coefficient (Wildman–Crippen LogP) is 12.2. The number of esters is 2. The van der Waals surface area contributed by atoms with Gasteiger partial charge in [-0.2, -0.15) is 0 Å². The smallest absolute Gasteiger partial charge is 0.340 e. The molecule has 11 nitrogen and oxygen atoms in total. The zero-order valence-electron chi connectivity index (χ0n) is 47.5. The van der Waals surface area contributed by atoms with E-state index in [1.807, 2.05) is 13.0 Å². The van der Waals surface area contributed by atoms with E-state index < -0.39 is 47.9 Å². The van der Waals surface area contributed by atoms with Gasteiger partial charge >= 0.3 is 17.6 Å². The second kappa shape index (κ2) is 22.0. The standard InChI is InChI=1S/C70H80O11/c1-40(37-72)51-27-23-41-18-21-45-34-44(41)20-19-42-10-4-6-15-57(42)69(2)66(80-67(51)75)65(63-60(81-69)31-30-55-56(38-73)62(68(76)79-64(55)63)47(32-33-71)39-77-3)78-61(74)36-48-35-46(24-28-52(45)48)53-14-9-17-59-54(53)29-26-50-13-8-12-49-25-22-43-11-5-7-16-58(43)70(49,50)59/h5,7,9,11,14,16-18,21,24,28,30-31,34,42,46-50,52,57,65-66,71-73H,4,6,8,10,12-13,15,19-20,22-23,25-27,29,32-33,35-39H2,1-3H3/b51-40-/t42-,46+,47+,48+,49-,50-,52-,57-,65+,66-,69-,70-/m0/s1. The Kier molecular flexibility index (Phi) is 14.8. The third kappa shape index (κ3) is 9.08. The molecule has 1 aromatic heterocycles. The summed E-state index contributed by atoms with van der Waals surface area (Å²) < 4.78 is 33.4. The second-order valence-electron chi connectivity index (χ2n) is 25.6. The summed E-state index contributed by atoms with van der Waals surface area (Å²) in [5, 5.41) is 32.5. The Morgan fingerprint density at radius 3 is 2.38 bits per heavy atom. The largest absolute Gasteiger partial charge is 0.483 e. The number of hydrogen-bond acceptors (Lipinski definition) is 11. The summed E-state index contributed by atoms with van der Waals surface area (Å²) in [4.78, 5) is 45.6. The van der Waals surface area contributed by atoms with Gasteiger partial charge in [0.1, 0.15) is 11.3 Å². The van der Waals surface area contributed by atoms with Gasteiger partial charge < -0.3 is 38.7 Å². The first-order valence-electron chi connectivity index (χ1n) is 30.7. The van der Waals surface area contributed by atoms with Crippen LogP contribution in [-0.4, -0.2) is 65.9 Å². The highest BCUT2D eigenvalue weighted by atomic mass is 16.6. The predicted molar refractivity (Wildman–Crippen MR) is 309 cm³/mol. The number of aliphatic hydroxyl groups excluding tert-OH is 3. The maximum atomic E-state index is 15.8. The highest BCUT2D eigenvalue weighted by Gasteiger charge is 2.59. The molecule has 0 amide bonds. The van der Waals surface area contributed by atoms with Gasteiger partial charge in [-0.1, -0.05) is 98.5 Å². The van der Waals surface area contributed by atoms with Crippen molar-refractivity contribution in [2.24, 2.45) is 29.6 Å². The van der Waals surface area contributed by atoms with Crippen molar-refractivity contribution >= 4 is 22.9 Å². The fraction of sp³-hybridized carbons (Fsp3) is 0.529. The van der Waals surface area contributed by atoms with Crippen molar-refractivity contribution in [3.05, 3.63) is 168 Å². The molecule has 8 aliphatic rings. The summed E-state index contributed by atoms with van der Waals surface area (Å²) in [6.07, 6.45) is 17.9. The number of methoxy groups -OCH3 is 1. The molecule has 1 spiro atoms. The van der Waals surface area contributed by atoms with Crippen LogP contribution < -0.4 is 10.4 Å². The molecule has 11 heteroatoms. The van der Waals surface area contributed by atoms with Crippen molar-refractivity contribution in [3.8, 4) is 5.75 Å². The molecular weight excluding hydrogens is 1020 g/mol. The maximum absolute atomic E-state index is 15.8. The van der Waals surface area contributed by atoms with Gasteiger partial charge in [0.05, 0.1) is 25.4 Å². The van der Waals surface area contributed by atoms with Crippen LogP contribution in [-0.2, 0) is 61.5 Å². The van der Waals surface area contributed by atoms with Gasteiger partial charge in [-0.15, -0.1) is 0 Å². The number of hydrogen-bond donors (Lipinski definition) is 3. The summed E-state index contributed by atoms with van der Waals surface area (Å²) in [6.45, 7) is 2.77. The molecule has 3 aliphatic heterocycles. The minimum absolute atomic E-state index is 0.00153. The first kappa shape index (κ1) is 54.4. The van der Waals surface area contributed by atoms with Gasteiger partial charge in [-0.25, -0.2) is 9.59 Å². The molecule has 5 bridgehead atoms. The molecule has 4 heterocycles. The van der Waals surface area contributed by atoms with Crippen molar-refractivity contribution in [2.75, 3.05) is 26.9 Å². The fourth-order valence-electron chi connectivity index (χ4n) is 18.1. The lowest BCUT2D eigenvalue weighted by Crippen LogP contribution is -2.60. The third-order valence-electron chi connectivity index (χ3n) is 21.7. The zero-order chi connectivity index (χ0) is 55.7. The number of rotatable bonds is 8. The Morgan fingerprint density at radius 2 is 1.57 bits per heavy atom. The lowest BCUT2D eigenvalue weighted by molar-refractivity contribution is -0.205. The number of aliphatic hydroxyl groups is 3. The van der Waals surface area contributed by atoms with E-state index in [-0.39, 0.29) is 84.4 Å². The van der Waals surface area contributed by atoms with Gasteiger partial charge in [0.2, 0.25) is 0 Å². The van der Waals surface area contributed by atoms with E-state index in [0.29, 0.717) is 52.5 Å². The number of benzene rings is 4. The summed E-state index contributed by atoms with van der Waals surface area (Å²) in [7, 11) is 1.52. The SMILES string of the molecule is COC[C@@H](CCO)c1c(CO)c2ccc3c(c2oc1=O)[C@H]1OC(=O)C[C@H]2C[C@H](c4cccc5c4CC[C@@H]4CCC[C@H]6CCc7ccccc7[C@]564)C=C[C@H]2c2ccc4c(c2)CC[C@@H]2CCCC[C@@H]2[C@](C)(O3)[C@H]1OC(=O)/C(=C(/C)CO)CC4. The normalized spacial score (nSPS) is 31.5. The van der Waals surface area contributed by atoms with Gasteiger partial charge in [0, 0.05) is 65.7 Å². The monoisotopic (exact) mass is 1100 g/mol. The van der Waals surface area contributed by atoms with Gasteiger partial charge in [-0.3, -0.25) is 4.79 Å². The summed E-state index contributed by atoms with van der Waals surface area (Å²) in [6, 6.07) is 26.9. The third-order valence-corrected chi connectivity index (χ3v) is 21.7. The van der Waals surface area contributed by atoms with Crippen molar-refractivity contribution in [2.45, 2.75) is 177 Å². The number of aryl methyl sites for hydroxylation is 3. The van der Waals surface area contributed by atoms with E-state index in [9.17, 15) is 20.1 Å². The molecule has 4 aromatic carbocycles. The quantitative estimate of drug-likeness (QED) is 0.0587. The summed E-state index contributed by atoms with van der Waals surface area (Å²) in [5.41, 5.74) is 10.8. The average molecular weight is 1100 g/mol. The molecule has 2 saturated carbocycles. The van der Waals surface area contributed by atoms with E-state index in [1.54, 1.807) is 18.6 Å². The lowest BCUT2D eigenvalue weighted by Gasteiger charge is -2.57. The molecular formula is C70H80O11. The van der Waals surface area contributed by atoms with Crippen LogP contribution >= 0.6 is 0 Å². The molecule has 13 rings (SSSR count). The van der Waals surface area contributed by atoms with Gasteiger partial charge in [0.25, 0.3) is 0 Å². The topological polar surface area (TPSA) is 162 Å². The first-order chi connectivity index (χ1) is 39.5.